The predicted octanol–water partition coefficient (Wildman–Crippen LogP) is 5.08. The molecule has 0 saturated carbocycles. The molecule has 0 aliphatic heterocycles. The Morgan fingerprint density at radius 3 is 2.45 bits per heavy atom. The Bertz CT molecular complexity index is 811. The third kappa shape index (κ3) is 1.69. The molecule has 0 amide bonds. The molecule has 0 saturated heterocycles. The fourth-order valence-corrected chi connectivity index (χ4v) is 3.35. The fourth-order valence-electron chi connectivity index (χ4n) is 3.35. The molecule has 0 aromatic heterocycles. The summed E-state index contributed by atoms with van der Waals surface area (Å²) in [5.41, 5.74) is 5.52. The molecule has 20 heavy (non-hydrogen) atoms. The van der Waals surface area contributed by atoms with Crippen molar-refractivity contribution in [2.45, 2.75) is 12.3 Å². The van der Waals surface area contributed by atoms with E-state index in [9.17, 15) is 0 Å². The van der Waals surface area contributed by atoms with Crippen molar-refractivity contribution < 1.29 is 0 Å². The Kier molecular flexibility index (Phi) is 2.50. The van der Waals surface area contributed by atoms with Crippen molar-refractivity contribution in [3.05, 3.63) is 95.6 Å². The molecule has 0 N–H and O–H groups in total. The van der Waals surface area contributed by atoms with Crippen LogP contribution in [0.25, 0.3) is 10.8 Å². The molecule has 0 spiro atoms. The van der Waals surface area contributed by atoms with Crippen LogP contribution in [0.4, 0.5) is 0 Å². The Labute approximate surface area is 119 Å². The van der Waals surface area contributed by atoms with Gasteiger partial charge in [-0.05, 0) is 33.9 Å². The van der Waals surface area contributed by atoms with Crippen molar-refractivity contribution >= 4 is 10.8 Å². The third-order valence-corrected chi connectivity index (χ3v) is 4.30. The van der Waals surface area contributed by atoms with Crippen molar-refractivity contribution in [1.29, 1.82) is 0 Å². The highest BCUT2D eigenvalue weighted by Crippen LogP contribution is 2.41. The summed E-state index contributed by atoms with van der Waals surface area (Å²) in [5, 5.41) is 2.61. The Morgan fingerprint density at radius 1 is 0.800 bits per heavy atom. The molecule has 0 unspecified atom stereocenters. The number of allylic oxidation sites excluding steroid dienone is 1. The van der Waals surface area contributed by atoms with Gasteiger partial charge in [-0.2, -0.15) is 0 Å². The summed E-state index contributed by atoms with van der Waals surface area (Å²) in [4.78, 5) is 0. The topological polar surface area (TPSA) is 0 Å². The van der Waals surface area contributed by atoms with Gasteiger partial charge in [-0.15, -0.1) is 0 Å². The van der Waals surface area contributed by atoms with E-state index in [2.05, 4.69) is 73.3 Å². The minimum atomic E-state index is 0.357. The van der Waals surface area contributed by atoms with Crippen LogP contribution in [-0.2, 0) is 6.42 Å². The zero-order chi connectivity index (χ0) is 13.5. The van der Waals surface area contributed by atoms with Crippen LogP contribution in [0.5, 0.6) is 0 Å². The summed E-state index contributed by atoms with van der Waals surface area (Å²) < 4.78 is 0. The van der Waals surface area contributed by atoms with Crippen LogP contribution >= 0.6 is 0 Å². The Balaban J connectivity index is 1.89. The van der Waals surface area contributed by atoms with Gasteiger partial charge < -0.3 is 0 Å². The molecule has 0 fully saturated rings. The lowest BCUT2D eigenvalue weighted by Crippen LogP contribution is -1.98. The van der Waals surface area contributed by atoms with Crippen molar-refractivity contribution in [3.8, 4) is 0 Å². The van der Waals surface area contributed by atoms with E-state index < -0.39 is 0 Å². The lowest BCUT2D eigenvalue weighted by Gasteiger charge is -2.14. The van der Waals surface area contributed by atoms with Crippen LogP contribution in [0, 0.1) is 0 Å². The quantitative estimate of drug-likeness (QED) is 0.532. The molecule has 0 bridgehead atoms. The van der Waals surface area contributed by atoms with Crippen LogP contribution < -0.4 is 0 Å². The van der Waals surface area contributed by atoms with Crippen LogP contribution in [-0.4, -0.2) is 0 Å². The largest absolute Gasteiger partial charge is 0.0986 e. The molecule has 3 aromatic rings. The van der Waals surface area contributed by atoms with Crippen LogP contribution in [0.1, 0.15) is 22.6 Å². The molecule has 0 radical (unpaired) electrons. The first kappa shape index (κ1) is 11.5. The second-order valence-corrected chi connectivity index (χ2v) is 5.57. The van der Waals surface area contributed by atoms with Gasteiger partial charge in [0.1, 0.15) is 0 Å². The van der Waals surface area contributed by atoms with Gasteiger partial charge in [0, 0.05) is 5.92 Å². The van der Waals surface area contributed by atoms with Gasteiger partial charge in [0.25, 0.3) is 0 Å². The first-order valence-electron chi connectivity index (χ1n) is 7.07. The summed E-state index contributed by atoms with van der Waals surface area (Å²) in [6.07, 6.45) is 1.01. The second kappa shape index (κ2) is 4.35. The summed E-state index contributed by atoms with van der Waals surface area (Å²) in [7, 11) is 0. The number of fused-ring (bicyclic) bond motifs is 2. The number of hydrogen-bond donors (Lipinski definition) is 0. The van der Waals surface area contributed by atoms with E-state index in [0.29, 0.717) is 5.92 Å². The summed E-state index contributed by atoms with van der Waals surface area (Å²) in [6, 6.07) is 24.0. The van der Waals surface area contributed by atoms with Gasteiger partial charge >= 0.3 is 0 Å². The van der Waals surface area contributed by atoms with Gasteiger partial charge in [-0.3, -0.25) is 0 Å². The highest BCUT2D eigenvalue weighted by Gasteiger charge is 2.26. The van der Waals surface area contributed by atoms with Crippen molar-refractivity contribution in [3.63, 3.8) is 0 Å². The predicted molar refractivity (Wildman–Crippen MR) is 85.1 cm³/mol. The van der Waals surface area contributed by atoms with E-state index in [-0.39, 0.29) is 0 Å². The molecule has 0 heteroatoms. The SMILES string of the molecule is C=C1Cc2ccccc2[C@H]1c1ccc2ccccc2c1. The molecule has 3 aromatic carbocycles. The van der Waals surface area contributed by atoms with Crippen molar-refractivity contribution in [2.75, 3.05) is 0 Å². The maximum absolute atomic E-state index is 4.31. The molecular formula is C20H16. The molecule has 1 atom stereocenters. The Hall–Kier alpha value is -2.34. The normalized spacial score (nSPS) is 17.4. The van der Waals surface area contributed by atoms with Gasteiger partial charge in [-0.1, -0.05) is 78.9 Å². The van der Waals surface area contributed by atoms with E-state index >= 15 is 0 Å². The monoisotopic (exact) mass is 256 g/mol. The third-order valence-electron chi connectivity index (χ3n) is 4.30. The average molecular weight is 256 g/mol. The van der Waals surface area contributed by atoms with E-state index in [1.54, 1.807) is 0 Å². The fraction of sp³-hybridized carbons (Fsp3) is 0.100. The number of benzene rings is 3. The van der Waals surface area contributed by atoms with E-state index in [4.69, 9.17) is 0 Å². The van der Waals surface area contributed by atoms with Gasteiger partial charge in [0.05, 0.1) is 0 Å². The van der Waals surface area contributed by atoms with Gasteiger partial charge in [-0.25, -0.2) is 0 Å². The summed E-state index contributed by atoms with van der Waals surface area (Å²) in [6.45, 7) is 4.31. The average Bonchev–Trinajstić information content (AvgIpc) is 2.82. The number of hydrogen-bond acceptors (Lipinski definition) is 0. The van der Waals surface area contributed by atoms with Crippen LogP contribution in [0.2, 0.25) is 0 Å². The van der Waals surface area contributed by atoms with Crippen LogP contribution in [0.3, 0.4) is 0 Å². The maximum atomic E-state index is 4.31. The zero-order valence-electron chi connectivity index (χ0n) is 11.3. The summed E-state index contributed by atoms with van der Waals surface area (Å²) in [5.74, 6) is 0.357. The van der Waals surface area contributed by atoms with E-state index in [1.807, 2.05) is 0 Å². The maximum Gasteiger partial charge on any atom is 0.0302 e. The van der Waals surface area contributed by atoms with Crippen molar-refractivity contribution in [1.82, 2.24) is 0 Å². The molecule has 0 nitrogen and oxygen atoms in total. The van der Waals surface area contributed by atoms with Gasteiger partial charge in [0.15, 0.2) is 0 Å². The smallest absolute Gasteiger partial charge is 0.0302 e. The minimum Gasteiger partial charge on any atom is -0.0986 e. The number of rotatable bonds is 1. The molecule has 0 heterocycles. The molecular weight excluding hydrogens is 240 g/mol. The lowest BCUT2D eigenvalue weighted by atomic mass is 9.89. The Morgan fingerprint density at radius 2 is 1.55 bits per heavy atom. The first-order chi connectivity index (χ1) is 9.83. The molecule has 1 aliphatic carbocycles. The first-order valence-corrected chi connectivity index (χ1v) is 7.07. The minimum absolute atomic E-state index is 0.357. The molecule has 1 aliphatic rings. The van der Waals surface area contributed by atoms with E-state index in [0.717, 1.165) is 6.42 Å². The van der Waals surface area contributed by atoms with Crippen LogP contribution in [0.15, 0.2) is 78.9 Å². The van der Waals surface area contributed by atoms with Gasteiger partial charge in [0.2, 0.25) is 0 Å². The standard InChI is InChI=1S/C20H16/c1-14-12-17-8-4-5-9-19(17)20(14)18-11-10-15-6-2-3-7-16(15)13-18/h2-11,13,20H,1,12H2/t20-/m1/s1. The van der Waals surface area contributed by atoms with E-state index in [1.165, 1.54) is 33.0 Å². The molecule has 96 valence electrons. The molecule has 4 rings (SSSR count). The highest BCUT2D eigenvalue weighted by molar-refractivity contribution is 5.83. The highest BCUT2D eigenvalue weighted by atomic mass is 14.3. The lowest BCUT2D eigenvalue weighted by molar-refractivity contribution is 0.990. The zero-order valence-corrected chi connectivity index (χ0v) is 11.3. The summed E-state index contributed by atoms with van der Waals surface area (Å²) >= 11 is 0. The van der Waals surface area contributed by atoms with Crippen molar-refractivity contribution in [2.24, 2.45) is 0 Å². The second-order valence-electron chi connectivity index (χ2n) is 5.57.